The molecule has 6 nitrogen and oxygen atoms in total. The normalized spacial score (nSPS) is 11.9. The number of urea groups is 1. The van der Waals surface area contributed by atoms with Gasteiger partial charge in [-0.1, -0.05) is 49.4 Å². The highest BCUT2D eigenvalue weighted by Crippen LogP contribution is 2.23. The maximum absolute atomic E-state index is 13.5. The highest BCUT2D eigenvalue weighted by molar-refractivity contribution is 5.90. The number of nitrogens with zero attached hydrogens (tertiary/aromatic N) is 3. The van der Waals surface area contributed by atoms with Gasteiger partial charge in [0.1, 0.15) is 5.82 Å². The molecule has 0 saturated heterocycles. The van der Waals surface area contributed by atoms with Crippen molar-refractivity contribution in [2.75, 3.05) is 12.4 Å². The van der Waals surface area contributed by atoms with Gasteiger partial charge in [0.25, 0.3) is 5.56 Å². The summed E-state index contributed by atoms with van der Waals surface area (Å²) in [4.78, 5) is 33.0. The van der Waals surface area contributed by atoms with E-state index in [0.717, 1.165) is 23.4 Å². The molecule has 3 aromatic carbocycles. The number of anilines is 1. The van der Waals surface area contributed by atoms with E-state index in [2.05, 4.69) is 12.2 Å². The number of hydrogen-bond donors (Lipinski definition) is 1. The van der Waals surface area contributed by atoms with Crippen LogP contribution in [0, 0.1) is 6.92 Å². The number of para-hydroxylation sites is 2. The minimum atomic E-state index is -0.461. The van der Waals surface area contributed by atoms with Crippen LogP contribution in [0.15, 0.2) is 77.6 Å². The van der Waals surface area contributed by atoms with Crippen molar-refractivity contribution in [3.63, 3.8) is 0 Å². The molecule has 1 unspecified atom stereocenters. The Kier molecular flexibility index (Phi) is 6.27. The van der Waals surface area contributed by atoms with E-state index in [9.17, 15) is 9.59 Å². The van der Waals surface area contributed by atoms with Gasteiger partial charge in [0.15, 0.2) is 0 Å². The van der Waals surface area contributed by atoms with Crippen LogP contribution < -0.4 is 10.9 Å². The molecule has 0 fully saturated rings. The van der Waals surface area contributed by atoms with Gasteiger partial charge in [-0.2, -0.15) is 0 Å². The van der Waals surface area contributed by atoms with Crippen molar-refractivity contribution in [2.24, 2.45) is 0 Å². The van der Waals surface area contributed by atoms with Gasteiger partial charge in [0, 0.05) is 12.7 Å². The highest BCUT2D eigenvalue weighted by Gasteiger charge is 2.24. The summed E-state index contributed by atoms with van der Waals surface area (Å²) in [5.41, 5.74) is 4.09. The van der Waals surface area contributed by atoms with Gasteiger partial charge < -0.3 is 10.2 Å². The van der Waals surface area contributed by atoms with E-state index in [4.69, 9.17) is 4.98 Å². The van der Waals surface area contributed by atoms with Crippen LogP contribution in [0.1, 0.15) is 36.8 Å². The van der Waals surface area contributed by atoms with Gasteiger partial charge in [-0.15, -0.1) is 0 Å². The first-order valence-corrected chi connectivity index (χ1v) is 11.1. The molecule has 6 heteroatoms. The first kappa shape index (κ1) is 22.3. The summed E-state index contributed by atoms with van der Waals surface area (Å²) < 4.78 is 1.62. The van der Waals surface area contributed by atoms with E-state index >= 15 is 0 Å². The zero-order valence-corrected chi connectivity index (χ0v) is 19.4. The Labute approximate surface area is 193 Å². The Morgan fingerprint density at radius 2 is 1.70 bits per heavy atom. The first-order valence-electron chi connectivity index (χ1n) is 11.1. The molecule has 1 aromatic heterocycles. The van der Waals surface area contributed by atoms with Crippen molar-refractivity contribution in [2.45, 2.75) is 33.2 Å². The number of benzene rings is 3. The van der Waals surface area contributed by atoms with Crippen molar-refractivity contribution < 1.29 is 4.79 Å². The summed E-state index contributed by atoms with van der Waals surface area (Å²) in [6.45, 7) is 5.92. The largest absolute Gasteiger partial charge is 0.322 e. The fourth-order valence-corrected chi connectivity index (χ4v) is 3.83. The molecule has 0 bridgehead atoms. The smallest absolute Gasteiger partial charge is 0.318 e. The van der Waals surface area contributed by atoms with Crippen molar-refractivity contribution >= 4 is 22.6 Å². The third kappa shape index (κ3) is 4.37. The average molecular weight is 441 g/mol. The molecule has 1 N–H and O–H groups in total. The molecule has 4 aromatic rings. The number of carbonyl (C=O) groups is 1. The summed E-state index contributed by atoms with van der Waals surface area (Å²) in [5, 5.41) is 3.50. The summed E-state index contributed by atoms with van der Waals surface area (Å²) in [7, 11) is 1.71. The van der Waals surface area contributed by atoms with E-state index in [-0.39, 0.29) is 11.6 Å². The van der Waals surface area contributed by atoms with Gasteiger partial charge in [0.2, 0.25) is 0 Å². The van der Waals surface area contributed by atoms with Crippen LogP contribution in [-0.2, 0) is 6.42 Å². The number of amides is 2. The number of carbonyl (C=O) groups excluding carboxylic acids is 1. The van der Waals surface area contributed by atoms with Crippen LogP contribution in [0.4, 0.5) is 10.5 Å². The summed E-state index contributed by atoms with van der Waals surface area (Å²) in [6.07, 6.45) is 0.913. The number of aromatic nitrogens is 2. The van der Waals surface area contributed by atoms with Gasteiger partial charge in [0.05, 0.1) is 22.6 Å². The third-order valence-electron chi connectivity index (χ3n) is 6.07. The number of fused-ring (bicyclic) bond motifs is 1. The zero-order valence-electron chi connectivity index (χ0n) is 19.4. The molecule has 4 rings (SSSR count). The van der Waals surface area contributed by atoms with Crippen LogP contribution in [0.2, 0.25) is 0 Å². The molecule has 168 valence electrons. The second-order valence-corrected chi connectivity index (χ2v) is 8.18. The summed E-state index contributed by atoms with van der Waals surface area (Å²) >= 11 is 0. The topological polar surface area (TPSA) is 67.2 Å². The Morgan fingerprint density at radius 1 is 1.03 bits per heavy atom. The molecule has 0 aliphatic rings. The lowest BCUT2D eigenvalue weighted by molar-refractivity contribution is 0.205. The molecule has 0 aliphatic heterocycles. The maximum Gasteiger partial charge on any atom is 0.322 e. The Morgan fingerprint density at radius 3 is 2.39 bits per heavy atom. The summed E-state index contributed by atoms with van der Waals surface area (Å²) in [6, 6.07) is 22.1. The number of rotatable bonds is 5. The van der Waals surface area contributed by atoms with Crippen LogP contribution >= 0.6 is 0 Å². The lowest BCUT2D eigenvalue weighted by atomic mass is 10.1. The first-order chi connectivity index (χ1) is 15.9. The number of hydrogen-bond acceptors (Lipinski definition) is 3. The minimum absolute atomic E-state index is 0.153. The molecule has 0 radical (unpaired) electrons. The van der Waals surface area contributed by atoms with Gasteiger partial charge in [-0.3, -0.25) is 9.36 Å². The van der Waals surface area contributed by atoms with Crippen molar-refractivity contribution in [1.82, 2.24) is 14.5 Å². The van der Waals surface area contributed by atoms with Gasteiger partial charge in [-0.05, 0) is 61.7 Å². The van der Waals surface area contributed by atoms with Crippen LogP contribution in [0.5, 0.6) is 0 Å². The highest BCUT2D eigenvalue weighted by atomic mass is 16.2. The van der Waals surface area contributed by atoms with E-state index < -0.39 is 6.04 Å². The molecule has 0 saturated carbocycles. The van der Waals surface area contributed by atoms with E-state index in [1.807, 2.05) is 80.6 Å². The molecule has 1 heterocycles. The van der Waals surface area contributed by atoms with Crippen LogP contribution in [0.25, 0.3) is 16.6 Å². The molecule has 33 heavy (non-hydrogen) atoms. The minimum Gasteiger partial charge on any atom is -0.318 e. The molecule has 2 amide bonds. The third-order valence-corrected chi connectivity index (χ3v) is 6.07. The lowest BCUT2D eigenvalue weighted by Gasteiger charge is -2.27. The van der Waals surface area contributed by atoms with E-state index in [1.54, 1.807) is 22.6 Å². The van der Waals surface area contributed by atoms with E-state index in [1.165, 1.54) is 5.56 Å². The predicted octanol–water partition coefficient (Wildman–Crippen LogP) is 5.48. The predicted molar refractivity (Wildman–Crippen MR) is 133 cm³/mol. The lowest BCUT2D eigenvalue weighted by Crippen LogP contribution is -2.37. The Bertz CT molecular complexity index is 1360. The Balaban J connectivity index is 1.78. The monoisotopic (exact) mass is 440 g/mol. The maximum atomic E-state index is 13.5. The van der Waals surface area contributed by atoms with Gasteiger partial charge >= 0.3 is 6.03 Å². The van der Waals surface area contributed by atoms with Crippen LogP contribution in [0.3, 0.4) is 0 Å². The molecule has 0 aliphatic carbocycles. The number of aryl methyl sites for hydroxylation is 2. The van der Waals surface area contributed by atoms with Gasteiger partial charge in [-0.25, -0.2) is 9.78 Å². The molecular weight excluding hydrogens is 412 g/mol. The fourth-order valence-electron chi connectivity index (χ4n) is 3.83. The number of nitrogens with one attached hydrogen (secondary N) is 1. The van der Waals surface area contributed by atoms with Crippen molar-refractivity contribution in [3.8, 4) is 5.69 Å². The molecule has 1 atom stereocenters. The Hall–Kier alpha value is -3.93. The second kappa shape index (κ2) is 9.28. The quantitative estimate of drug-likeness (QED) is 0.447. The second-order valence-electron chi connectivity index (χ2n) is 8.18. The summed E-state index contributed by atoms with van der Waals surface area (Å²) in [5.74, 6) is 0.505. The SMILES string of the molecule is CCc1ccc(-n2c(C(C)N(C)C(=O)Nc3ccccc3C)nc3ccccc3c2=O)cc1. The zero-order chi connectivity index (χ0) is 23.5. The fraction of sp³-hybridized carbons (Fsp3) is 0.222. The molecule has 0 spiro atoms. The average Bonchev–Trinajstić information content (AvgIpc) is 2.84. The standard InChI is InChI=1S/C27H28N4O2/c1-5-20-14-16-21(17-15-20)31-25(28-24-13-9-7-11-22(24)26(31)32)19(3)30(4)27(33)29-23-12-8-6-10-18(23)2/h6-17,19H,5H2,1-4H3,(H,29,33). The molecular formula is C27H28N4O2. The van der Waals surface area contributed by atoms with Crippen LogP contribution in [-0.4, -0.2) is 27.5 Å². The van der Waals surface area contributed by atoms with Crippen molar-refractivity contribution in [1.29, 1.82) is 0 Å². The van der Waals surface area contributed by atoms with Crippen molar-refractivity contribution in [3.05, 3.63) is 100 Å². The van der Waals surface area contributed by atoms with E-state index in [0.29, 0.717) is 16.7 Å².